The normalized spacial score (nSPS) is 25.4. The van der Waals surface area contributed by atoms with Crippen molar-refractivity contribution < 1.29 is 9.53 Å². The number of likely N-dealkylation sites (N-methyl/N-ethyl adjacent to an activating group) is 1. The molecule has 0 fully saturated rings. The van der Waals surface area contributed by atoms with Crippen LogP contribution in [-0.4, -0.2) is 37.1 Å². The minimum atomic E-state index is -0.209. The van der Waals surface area contributed by atoms with Gasteiger partial charge in [0, 0.05) is 25.4 Å². The lowest BCUT2D eigenvalue weighted by Crippen LogP contribution is -2.43. The lowest BCUT2D eigenvalue weighted by molar-refractivity contribution is -0.140. The van der Waals surface area contributed by atoms with E-state index in [-0.39, 0.29) is 5.97 Å². The molecule has 0 amide bonds. The van der Waals surface area contributed by atoms with Crippen LogP contribution in [0.5, 0.6) is 0 Å². The molecule has 0 unspecified atom stereocenters. The third kappa shape index (κ3) is 2.50. The van der Waals surface area contributed by atoms with Crippen LogP contribution in [0.15, 0.2) is 35.9 Å². The van der Waals surface area contributed by atoms with Crippen molar-refractivity contribution in [1.82, 2.24) is 4.90 Å². The van der Waals surface area contributed by atoms with E-state index >= 15 is 0 Å². The molecule has 3 nitrogen and oxygen atoms in total. The SMILES string of the molecule is CC(=O)OCC1=C[C@@H]2c3ccccc3CC[C@H]2N(C)C1. The molecule has 1 aromatic rings. The summed E-state index contributed by atoms with van der Waals surface area (Å²) in [6.07, 6.45) is 4.69. The quantitative estimate of drug-likeness (QED) is 0.611. The Balaban J connectivity index is 1.89. The van der Waals surface area contributed by atoms with E-state index in [4.69, 9.17) is 4.74 Å². The van der Waals surface area contributed by atoms with Crippen molar-refractivity contribution in [3.8, 4) is 0 Å². The summed E-state index contributed by atoms with van der Waals surface area (Å²) in [6, 6.07) is 9.29. The largest absolute Gasteiger partial charge is 0.461 e. The van der Waals surface area contributed by atoms with Gasteiger partial charge in [-0.1, -0.05) is 30.3 Å². The zero-order valence-corrected chi connectivity index (χ0v) is 12.1. The topological polar surface area (TPSA) is 29.5 Å². The van der Waals surface area contributed by atoms with Gasteiger partial charge in [0.15, 0.2) is 0 Å². The number of hydrogen-bond donors (Lipinski definition) is 0. The van der Waals surface area contributed by atoms with Crippen molar-refractivity contribution in [1.29, 1.82) is 0 Å². The Kier molecular flexibility index (Phi) is 3.62. The summed E-state index contributed by atoms with van der Waals surface area (Å²) in [5.74, 6) is 0.226. The average molecular weight is 271 g/mol. The number of rotatable bonds is 2. The van der Waals surface area contributed by atoms with Crippen LogP contribution in [0.3, 0.4) is 0 Å². The number of carbonyl (C=O) groups excluding carboxylic acids is 1. The second kappa shape index (κ2) is 5.41. The van der Waals surface area contributed by atoms with Crippen molar-refractivity contribution in [3.05, 3.63) is 47.0 Å². The maximum Gasteiger partial charge on any atom is 0.302 e. The Hall–Kier alpha value is -1.61. The number of aryl methyl sites for hydroxylation is 1. The lowest BCUT2D eigenvalue weighted by atomic mass is 9.76. The number of esters is 1. The standard InChI is InChI=1S/C17H21NO2/c1-12(19)20-11-13-9-16-15-6-4-3-5-14(15)7-8-17(16)18(2)10-13/h3-6,9,16-17H,7-8,10-11H2,1-2H3/t16-,17-/m1/s1. The fourth-order valence-electron chi connectivity index (χ4n) is 3.50. The smallest absolute Gasteiger partial charge is 0.302 e. The molecule has 2 aliphatic rings. The lowest BCUT2D eigenvalue weighted by Gasteiger charge is -2.42. The molecule has 1 heterocycles. The summed E-state index contributed by atoms with van der Waals surface area (Å²) in [7, 11) is 2.17. The van der Waals surface area contributed by atoms with E-state index in [0.29, 0.717) is 18.6 Å². The zero-order chi connectivity index (χ0) is 14.1. The van der Waals surface area contributed by atoms with Crippen LogP contribution in [0.1, 0.15) is 30.4 Å². The maximum atomic E-state index is 11.0. The van der Waals surface area contributed by atoms with Crippen molar-refractivity contribution in [3.63, 3.8) is 0 Å². The molecule has 3 rings (SSSR count). The number of nitrogens with zero attached hydrogens (tertiary/aromatic N) is 1. The molecule has 1 aliphatic carbocycles. The fraction of sp³-hybridized carbons (Fsp3) is 0.471. The van der Waals surface area contributed by atoms with Crippen molar-refractivity contribution in [2.45, 2.75) is 31.7 Å². The number of benzene rings is 1. The molecule has 1 aromatic carbocycles. The van der Waals surface area contributed by atoms with Gasteiger partial charge in [0.2, 0.25) is 0 Å². The van der Waals surface area contributed by atoms with Crippen LogP contribution in [-0.2, 0) is 16.0 Å². The van der Waals surface area contributed by atoms with Gasteiger partial charge in [-0.25, -0.2) is 0 Å². The van der Waals surface area contributed by atoms with E-state index in [1.165, 1.54) is 30.0 Å². The first-order chi connectivity index (χ1) is 9.65. The van der Waals surface area contributed by atoms with Gasteiger partial charge < -0.3 is 4.74 Å². The summed E-state index contributed by atoms with van der Waals surface area (Å²) >= 11 is 0. The molecule has 3 heteroatoms. The van der Waals surface area contributed by atoms with Crippen molar-refractivity contribution in [2.75, 3.05) is 20.2 Å². The fourth-order valence-corrected chi connectivity index (χ4v) is 3.50. The highest BCUT2D eigenvalue weighted by atomic mass is 16.5. The molecule has 0 radical (unpaired) electrons. The number of ether oxygens (including phenoxy) is 1. The summed E-state index contributed by atoms with van der Waals surface area (Å²) in [5.41, 5.74) is 4.11. The van der Waals surface area contributed by atoms with E-state index in [2.05, 4.69) is 42.3 Å². The molecule has 0 bridgehead atoms. The van der Waals surface area contributed by atoms with Gasteiger partial charge in [0.25, 0.3) is 0 Å². The Labute approximate surface area is 120 Å². The van der Waals surface area contributed by atoms with E-state index in [1.54, 1.807) is 0 Å². The van der Waals surface area contributed by atoms with Crippen LogP contribution >= 0.6 is 0 Å². The van der Waals surface area contributed by atoms with Crippen LogP contribution < -0.4 is 0 Å². The summed E-state index contributed by atoms with van der Waals surface area (Å²) < 4.78 is 5.16. The van der Waals surface area contributed by atoms with Crippen LogP contribution in [0.4, 0.5) is 0 Å². The third-order valence-electron chi connectivity index (χ3n) is 4.43. The van der Waals surface area contributed by atoms with Crippen LogP contribution in [0.2, 0.25) is 0 Å². The first-order valence-corrected chi connectivity index (χ1v) is 7.26. The highest BCUT2D eigenvalue weighted by Crippen LogP contribution is 2.38. The van der Waals surface area contributed by atoms with Gasteiger partial charge in [-0.2, -0.15) is 0 Å². The molecule has 106 valence electrons. The highest BCUT2D eigenvalue weighted by Gasteiger charge is 2.34. The molecule has 0 spiro atoms. The van der Waals surface area contributed by atoms with Gasteiger partial charge in [-0.05, 0) is 36.6 Å². The van der Waals surface area contributed by atoms with Crippen LogP contribution in [0, 0.1) is 0 Å². The summed E-state index contributed by atoms with van der Waals surface area (Å²) in [5, 5.41) is 0. The molecule has 2 atom stereocenters. The van der Waals surface area contributed by atoms with Gasteiger partial charge in [0.1, 0.15) is 6.61 Å². The van der Waals surface area contributed by atoms with Gasteiger partial charge in [0.05, 0.1) is 0 Å². The third-order valence-corrected chi connectivity index (χ3v) is 4.43. The van der Waals surface area contributed by atoms with Crippen molar-refractivity contribution >= 4 is 5.97 Å². The first kappa shape index (κ1) is 13.4. The van der Waals surface area contributed by atoms with Gasteiger partial charge in [-0.15, -0.1) is 0 Å². The molecule has 0 aromatic heterocycles. The Bertz CT molecular complexity index is 550. The molecule has 0 N–H and O–H groups in total. The minimum absolute atomic E-state index is 0.209. The molecule has 1 aliphatic heterocycles. The zero-order valence-electron chi connectivity index (χ0n) is 12.1. The Morgan fingerprint density at radius 3 is 3.00 bits per heavy atom. The van der Waals surface area contributed by atoms with Gasteiger partial charge in [-0.3, -0.25) is 9.69 Å². The number of carbonyl (C=O) groups is 1. The number of fused-ring (bicyclic) bond motifs is 3. The monoisotopic (exact) mass is 271 g/mol. The summed E-state index contributed by atoms with van der Waals surface area (Å²) in [6.45, 7) is 2.79. The molecule has 0 saturated carbocycles. The van der Waals surface area contributed by atoms with E-state index < -0.39 is 0 Å². The van der Waals surface area contributed by atoms with Crippen LogP contribution in [0.25, 0.3) is 0 Å². The molecule has 0 saturated heterocycles. The molecule has 20 heavy (non-hydrogen) atoms. The average Bonchev–Trinajstić information content (AvgIpc) is 2.45. The van der Waals surface area contributed by atoms with E-state index in [1.807, 2.05) is 0 Å². The summed E-state index contributed by atoms with van der Waals surface area (Å²) in [4.78, 5) is 13.4. The second-order valence-electron chi connectivity index (χ2n) is 5.85. The van der Waals surface area contributed by atoms with Gasteiger partial charge >= 0.3 is 5.97 Å². The molecular weight excluding hydrogens is 250 g/mol. The minimum Gasteiger partial charge on any atom is -0.461 e. The predicted molar refractivity (Wildman–Crippen MR) is 78.6 cm³/mol. The highest BCUT2D eigenvalue weighted by molar-refractivity contribution is 5.66. The van der Waals surface area contributed by atoms with E-state index in [9.17, 15) is 4.79 Å². The van der Waals surface area contributed by atoms with E-state index in [0.717, 1.165) is 13.0 Å². The molecular formula is C17H21NO2. The Morgan fingerprint density at radius 2 is 2.20 bits per heavy atom. The second-order valence-corrected chi connectivity index (χ2v) is 5.85. The van der Waals surface area contributed by atoms with Crippen molar-refractivity contribution in [2.24, 2.45) is 0 Å². The predicted octanol–water partition coefficient (Wildman–Crippen LogP) is 2.52. The maximum absolute atomic E-state index is 11.0. The first-order valence-electron chi connectivity index (χ1n) is 7.26. The number of hydrogen-bond acceptors (Lipinski definition) is 3. The Morgan fingerprint density at radius 1 is 1.40 bits per heavy atom.